The van der Waals surface area contributed by atoms with E-state index in [4.69, 9.17) is 9.47 Å². The Labute approximate surface area is 74.6 Å². The van der Waals surface area contributed by atoms with E-state index in [1.807, 2.05) is 0 Å². The van der Waals surface area contributed by atoms with Gasteiger partial charge in [-0.3, -0.25) is 0 Å². The molecule has 1 aliphatic rings. The molecule has 0 N–H and O–H groups in total. The summed E-state index contributed by atoms with van der Waals surface area (Å²) in [5.41, 5.74) is 0. The van der Waals surface area contributed by atoms with E-state index in [1.165, 1.54) is 0 Å². The molecule has 3 nitrogen and oxygen atoms in total. The van der Waals surface area contributed by atoms with Crippen LogP contribution in [0.25, 0.3) is 0 Å². The number of methoxy groups -OCH3 is 1. The number of rotatable bonds is 6. The number of likely N-dealkylation sites (N-methyl/N-ethyl adjacent to an activating group) is 1. The van der Waals surface area contributed by atoms with Crippen molar-refractivity contribution >= 4 is 0 Å². The van der Waals surface area contributed by atoms with E-state index in [0.717, 1.165) is 39.1 Å². The van der Waals surface area contributed by atoms with E-state index >= 15 is 0 Å². The summed E-state index contributed by atoms with van der Waals surface area (Å²) in [4.78, 5) is 2.26. The summed E-state index contributed by atoms with van der Waals surface area (Å²) in [5, 5.41) is 0. The van der Waals surface area contributed by atoms with Crippen LogP contribution in [0, 0.1) is 0 Å². The van der Waals surface area contributed by atoms with Crippen LogP contribution in [0.3, 0.4) is 0 Å². The summed E-state index contributed by atoms with van der Waals surface area (Å²) in [5.74, 6) is 0. The summed E-state index contributed by atoms with van der Waals surface area (Å²) < 4.78 is 10.5. The maximum absolute atomic E-state index is 5.60. The number of hydrogen-bond acceptors (Lipinski definition) is 3. The van der Waals surface area contributed by atoms with Gasteiger partial charge in [-0.2, -0.15) is 0 Å². The van der Waals surface area contributed by atoms with Gasteiger partial charge in [0, 0.05) is 33.4 Å². The van der Waals surface area contributed by atoms with E-state index in [1.54, 1.807) is 7.11 Å². The highest BCUT2D eigenvalue weighted by Crippen LogP contribution is 2.08. The second-order valence-electron chi connectivity index (χ2n) is 3.41. The van der Waals surface area contributed by atoms with E-state index in [2.05, 4.69) is 11.9 Å². The molecule has 72 valence electrons. The Hall–Kier alpha value is -0.120. The third-order valence-corrected chi connectivity index (χ3v) is 2.13. The maximum Gasteiger partial charge on any atom is 0.0828 e. The van der Waals surface area contributed by atoms with Crippen molar-refractivity contribution in [2.24, 2.45) is 0 Å². The van der Waals surface area contributed by atoms with E-state index in [-0.39, 0.29) is 0 Å². The molecule has 0 aromatic carbocycles. The monoisotopic (exact) mass is 173 g/mol. The van der Waals surface area contributed by atoms with Crippen molar-refractivity contribution in [2.45, 2.75) is 18.9 Å². The second-order valence-corrected chi connectivity index (χ2v) is 3.41. The minimum Gasteiger partial charge on any atom is -0.385 e. The Kier molecular flexibility index (Phi) is 4.58. The van der Waals surface area contributed by atoms with Crippen molar-refractivity contribution < 1.29 is 9.47 Å². The molecule has 0 aliphatic carbocycles. The largest absolute Gasteiger partial charge is 0.385 e. The number of hydrogen-bond donors (Lipinski definition) is 0. The highest BCUT2D eigenvalue weighted by molar-refractivity contribution is 4.76. The number of ether oxygens (including phenoxy) is 2. The molecule has 0 spiro atoms. The standard InChI is InChI=1S/C9H19NO2/c1-10-7-9(8-10)12-6-4-3-5-11-2/h9H,3-8H2,1-2H3. The fourth-order valence-corrected chi connectivity index (χ4v) is 1.35. The highest BCUT2D eigenvalue weighted by atomic mass is 16.5. The van der Waals surface area contributed by atoms with Crippen molar-refractivity contribution in [1.29, 1.82) is 0 Å². The lowest BCUT2D eigenvalue weighted by atomic mass is 10.2. The lowest BCUT2D eigenvalue weighted by Crippen LogP contribution is -2.49. The number of likely N-dealkylation sites (tertiary alicyclic amines) is 1. The Morgan fingerprint density at radius 3 is 2.50 bits per heavy atom. The summed E-state index contributed by atoms with van der Waals surface area (Å²) >= 11 is 0. The lowest BCUT2D eigenvalue weighted by molar-refractivity contribution is -0.0449. The van der Waals surface area contributed by atoms with Crippen molar-refractivity contribution in [1.82, 2.24) is 4.90 Å². The van der Waals surface area contributed by atoms with Gasteiger partial charge in [0.15, 0.2) is 0 Å². The molecule has 1 fully saturated rings. The lowest BCUT2D eigenvalue weighted by Gasteiger charge is -2.35. The molecule has 3 heteroatoms. The molecule has 0 amide bonds. The molecule has 1 aliphatic heterocycles. The minimum atomic E-state index is 0.498. The van der Waals surface area contributed by atoms with Crippen LogP contribution in [0.1, 0.15) is 12.8 Å². The van der Waals surface area contributed by atoms with Gasteiger partial charge in [0.2, 0.25) is 0 Å². The van der Waals surface area contributed by atoms with Gasteiger partial charge in [0.25, 0.3) is 0 Å². The quantitative estimate of drug-likeness (QED) is 0.553. The topological polar surface area (TPSA) is 21.7 Å². The first-order valence-electron chi connectivity index (χ1n) is 4.62. The number of unbranched alkanes of at least 4 members (excludes halogenated alkanes) is 1. The van der Waals surface area contributed by atoms with Crippen LogP contribution in [-0.4, -0.2) is 51.5 Å². The Morgan fingerprint density at radius 2 is 1.92 bits per heavy atom. The molecular weight excluding hydrogens is 154 g/mol. The molecular formula is C9H19NO2. The fourth-order valence-electron chi connectivity index (χ4n) is 1.35. The van der Waals surface area contributed by atoms with Gasteiger partial charge >= 0.3 is 0 Å². The van der Waals surface area contributed by atoms with Gasteiger partial charge in [-0.25, -0.2) is 0 Å². The molecule has 0 aromatic rings. The van der Waals surface area contributed by atoms with E-state index in [0.29, 0.717) is 6.10 Å². The van der Waals surface area contributed by atoms with Crippen LogP contribution in [0.15, 0.2) is 0 Å². The summed E-state index contributed by atoms with van der Waals surface area (Å²) in [6.07, 6.45) is 2.73. The van der Waals surface area contributed by atoms with Crippen LogP contribution < -0.4 is 0 Å². The predicted molar refractivity (Wildman–Crippen MR) is 48.3 cm³/mol. The van der Waals surface area contributed by atoms with Gasteiger partial charge in [-0.05, 0) is 19.9 Å². The van der Waals surface area contributed by atoms with Crippen LogP contribution in [0.2, 0.25) is 0 Å². The molecule has 0 saturated carbocycles. The fraction of sp³-hybridized carbons (Fsp3) is 1.00. The molecule has 1 rings (SSSR count). The molecule has 12 heavy (non-hydrogen) atoms. The van der Waals surface area contributed by atoms with Crippen molar-refractivity contribution in [3.05, 3.63) is 0 Å². The van der Waals surface area contributed by atoms with Gasteiger partial charge in [0.1, 0.15) is 0 Å². The number of nitrogens with zero attached hydrogens (tertiary/aromatic N) is 1. The predicted octanol–water partition coefficient (Wildman–Crippen LogP) is 0.744. The van der Waals surface area contributed by atoms with E-state index < -0.39 is 0 Å². The normalized spacial score (nSPS) is 19.5. The third-order valence-electron chi connectivity index (χ3n) is 2.13. The molecule has 1 saturated heterocycles. The zero-order chi connectivity index (χ0) is 8.81. The van der Waals surface area contributed by atoms with Crippen LogP contribution in [0.5, 0.6) is 0 Å². The molecule has 0 unspecified atom stereocenters. The smallest absolute Gasteiger partial charge is 0.0828 e. The Bertz CT molecular complexity index is 113. The van der Waals surface area contributed by atoms with Gasteiger partial charge < -0.3 is 14.4 Å². The van der Waals surface area contributed by atoms with Crippen molar-refractivity contribution in [3.63, 3.8) is 0 Å². The summed E-state index contributed by atoms with van der Waals surface area (Å²) in [6.45, 7) is 3.95. The molecule has 0 atom stereocenters. The highest BCUT2D eigenvalue weighted by Gasteiger charge is 2.22. The Balaban J connectivity index is 1.77. The maximum atomic E-state index is 5.60. The molecule has 0 aromatic heterocycles. The molecule has 0 radical (unpaired) electrons. The molecule has 1 heterocycles. The second kappa shape index (κ2) is 5.51. The first kappa shape index (κ1) is 9.96. The van der Waals surface area contributed by atoms with Crippen LogP contribution in [-0.2, 0) is 9.47 Å². The van der Waals surface area contributed by atoms with E-state index in [9.17, 15) is 0 Å². The summed E-state index contributed by atoms with van der Waals surface area (Å²) in [6, 6.07) is 0. The zero-order valence-corrected chi connectivity index (χ0v) is 8.08. The SMILES string of the molecule is COCCCCOC1CN(C)C1. The average molecular weight is 173 g/mol. The van der Waals surface area contributed by atoms with Crippen LogP contribution in [0.4, 0.5) is 0 Å². The third kappa shape index (κ3) is 3.52. The first-order chi connectivity index (χ1) is 5.83. The average Bonchev–Trinajstić information content (AvgIpc) is 2.00. The zero-order valence-electron chi connectivity index (χ0n) is 8.08. The Morgan fingerprint density at radius 1 is 1.25 bits per heavy atom. The van der Waals surface area contributed by atoms with Gasteiger partial charge in [-0.1, -0.05) is 0 Å². The van der Waals surface area contributed by atoms with Gasteiger partial charge in [-0.15, -0.1) is 0 Å². The minimum absolute atomic E-state index is 0.498. The summed E-state index contributed by atoms with van der Waals surface area (Å²) in [7, 11) is 3.85. The van der Waals surface area contributed by atoms with Gasteiger partial charge in [0.05, 0.1) is 6.10 Å². The first-order valence-corrected chi connectivity index (χ1v) is 4.62. The molecule has 0 bridgehead atoms. The van der Waals surface area contributed by atoms with Crippen molar-refractivity contribution in [2.75, 3.05) is 40.5 Å². The van der Waals surface area contributed by atoms with Crippen molar-refractivity contribution in [3.8, 4) is 0 Å². The van der Waals surface area contributed by atoms with Crippen LogP contribution >= 0.6 is 0 Å².